The molecule has 0 spiro atoms. The molecule has 0 unspecified atom stereocenters. The van der Waals surface area contributed by atoms with Crippen LogP contribution in [0, 0.1) is 0 Å². The molecule has 25 heavy (non-hydrogen) atoms. The first-order chi connectivity index (χ1) is 12.1. The number of benzene rings is 1. The molecule has 1 aromatic carbocycles. The molecule has 3 rings (SSSR count). The minimum Gasteiger partial charge on any atom is -0.455 e. The number of nitrogens with one attached hydrogen (secondary N) is 2. The lowest BCUT2D eigenvalue weighted by Crippen LogP contribution is -2.28. The molecule has 0 bridgehead atoms. The summed E-state index contributed by atoms with van der Waals surface area (Å²) in [7, 11) is 0. The predicted octanol–water partition coefficient (Wildman–Crippen LogP) is 1.39. The highest BCUT2D eigenvalue weighted by atomic mass is 32.1. The molecule has 0 aliphatic heterocycles. The van der Waals surface area contributed by atoms with Crippen molar-refractivity contribution in [3.63, 3.8) is 0 Å². The summed E-state index contributed by atoms with van der Waals surface area (Å²) in [6.07, 6.45) is -0.129. The largest absolute Gasteiger partial charge is 0.455 e. The lowest BCUT2D eigenvalue weighted by molar-refractivity contribution is -0.147. The van der Waals surface area contributed by atoms with Crippen LogP contribution in [0.4, 0.5) is 0 Å². The third-order valence-electron chi connectivity index (χ3n) is 3.49. The van der Waals surface area contributed by atoms with Gasteiger partial charge in [0.2, 0.25) is 0 Å². The van der Waals surface area contributed by atoms with Gasteiger partial charge in [0.05, 0.1) is 24.0 Å². The Bertz CT molecular complexity index is 950. The number of aromatic nitrogens is 2. The van der Waals surface area contributed by atoms with Gasteiger partial charge >= 0.3 is 5.97 Å². The quantitative estimate of drug-likeness (QED) is 0.649. The van der Waals surface area contributed by atoms with Crippen LogP contribution in [0.5, 0.6) is 0 Å². The fourth-order valence-corrected chi connectivity index (χ4v) is 2.93. The number of fused-ring (bicyclic) bond motifs is 1. The first-order valence-electron chi connectivity index (χ1n) is 7.54. The number of nitrogens with zero attached hydrogens (tertiary/aromatic N) is 1. The lowest BCUT2D eigenvalue weighted by atomic mass is 10.1. The standard InChI is InChI=1S/C17H15N3O4S/c21-15(18-9-11-4-3-7-25-11)10-24-16(22)8-14-12-5-1-2-6-13(12)17(23)20-19-14/h1-7H,8-10H2,(H,18,21)(H,20,23). The Morgan fingerprint density at radius 3 is 2.72 bits per heavy atom. The van der Waals surface area contributed by atoms with Gasteiger partial charge in [-0.25, -0.2) is 5.10 Å². The van der Waals surface area contributed by atoms with Gasteiger partial charge in [-0.2, -0.15) is 5.10 Å². The van der Waals surface area contributed by atoms with Gasteiger partial charge in [-0.1, -0.05) is 24.3 Å². The minimum atomic E-state index is -0.587. The van der Waals surface area contributed by atoms with Crippen LogP contribution in [0.25, 0.3) is 10.8 Å². The number of ether oxygens (including phenoxy) is 1. The van der Waals surface area contributed by atoms with E-state index in [2.05, 4.69) is 15.5 Å². The monoisotopic (exact) mass is 357 g/mol. The molecule has 0 saturated heterocycles. The van der Waals surface area contributed by atoms with Gasteiger partial charge in [-0.15, -0.1) is 11.3 Å². The zero-order chi connectivity index (χ0) is 17.6. The van der Waals surface area contributed by atoms with E-state index in [0.717, 1.165) is 4.88 Å². The molecule has 3 aromatic rings. The molecule has 0 atom stereocenters. The number of thiophene rings is 1. The van der Waals surface area contributed by atoms with E-state index < -0.39 is 5.97 Å². The van der Waals surface area contributed by atoms with Crippen molar-refractivity contribution in [3.05, 3.63) is 62.7 Å². The average molecular weight is 357 g/mol. The van der Waals surface area contributed by atoms with Crippen molar-refractivity contribution in [2.45, 2.75) is 13.0 Å². The zero-order valence-electron chi connectivity index (χ0n) is 13.2. The summed E-state index contributed by atoms with van der Waals surface area (Å²) >= 11 is 1.53. The smallest absolute Gasteiger partial charge is 0.312 e. The van der Waals surface area contributed by atoms with E-state index in [1.807, 2.05) is 17.5 Å². The minimum absolute atomic E-state index is 0.129. The highest BCUT2D eigenvalue weighted by Gasteiger charge is 2.13. The molecule has 0 aliphatic rings. The molecule has 2 heterocycles. The van der Waals surface area contributed by atoms with Gasteiger partial charge < -0.3 is 10.1 Å². The van der Waals surface area contributed by atoms with Crippen LogP contribution < -0.4 is 10.9 Å². The molecule has 0 saturated carbocycles. The zero-order valence-corrected chi connectivity index (χ0v) is 14.0. The van der Waals surface area contributed by atoms with Gasteiger partial charge in [0, 0.05) is 10.3 Å². The number of hydrogen-bond donors (Lipinski definition) is 2. The maximum atomic E-state index is 11.9. The molecule has 1 amide bonds. The van der Waals surface area contributed by atoms with Crippen LogP contribution in [-0.4, -0.2) is 28.7 Å². The Kier molecular flexibility index (Phi) is 5.20. The Labute approximate surface area is 146 Å². The van der Waals surface area contributed by atoms with Gasteiger partial charge in [0.1, 0.15) is 0 Å². The molecule has 0 radical (unpaired) electrons. The van der Waals surface area contributed by atoms with E-state index in [1.54, 1.807) is 24.3 Å². The number of H-pyrrole nitrogens is 1. The molecule has 2 N–H and O–H groups in total. The molecule has 2 aromatic heterocycles. The molecular weight excluding hydrogens is 342 g/mol. The summed E-state index contributed by atoms with van der Waals surface area (Å²) in [6, 6.07) is 10.7. The van der Waals surface area contributed by atoms with Crippen LogP contribution >= 0.6 is 11.3 Å². The van der Waals surface area contributed by atoms with Gasteiger partial charge in [0.15, 0.2) is 6.61 Å². The highest BCUT2D eigenvalue weighted by molar-refractivity contribution is 7.09. The van der Waals surface area contributed by atoms with Crippen molar-refractivity contribution in [1.29, 1.82) is 0 Å². The number of hydrogen-bond acceptors (Lipinski definition) is 6. The van der Waals surface area contributed by atoms with E-state index in [4.69, 9.17) is 4.74 Å². The molecule has 8 heteroatoms. The van der Waals surface area contributed by atoms with Crippen molar-refractivity contribution in [2.24, 2.45) is 0 Å². The van der Waals surface area contributed by atoms with Crippen molar-refractivity contribution in [3.8, 4) is 0 Å². The Morgan fingerprint density at radius 2 is 1.96 bits per heavy atom. The first kappa shape index (κ1) is 16.8. The van der Waals surface area contributed by atoms with Crippen LogP contribution in [0.15, 0.2) is 46.6 Å². The maximum absolute atomic E-state index is 11.9. The Balaban J connectivity index is 1.55. The predicted molar refractivity (Wildman–Crippen MR) is 93.2 cm³/mol. The van der Waals surface area contributed by atoms with Crippen molar-refractivity contribution < 1.29 is 14.3 Å². The van der Waals surface area contributed by atoms with E-state index >= 15 is 0 Å². The SMILES string of the molecule is O=C(COC(=O)Cc1n[nH]c(=O)c2ccccc12)NCc1cccs1. The second-order valence-corrected chi connectivity index (χ2v) is 6.27. The number of aromatic amines is 1. The maximum Gasteiger partial charge on any atom is 0.312 e. The van der Waals surface area contributed by atoms with Crippen molar-refractivity contribution >= 4 is 34.0 Å². The third-order valence-corrected chi connectivity index (χ3v) is 4.37. The van der Waals surface area contributed by atoms with Gasteiger partial charge in [-0.05, 0) is 17.5 Å². The van der Waals surface area contributed by atoms with Crippen LogP contribution in [0.2, 0.25) is 0 Å². The highest BCUT2D eigenvalue weighted by Crippen LogP contribution is 2.13. The van der Waals surface area contributed by atoms with E-state index in [1.165, 1.54) is 11.3 Å². The fraction of sp³-hybridized carbons (Fsp3) is 0.176. The number of carbonyl (C=O) groups is 2. The first-order valence-corrected chi connectivity index (χ1v) is 8.42. The molecule has 0 fully saturated rings. The van der Waals surface area contributed by atoms with Gasteiger partial charge in [-0.3, -0.25) is 14.4 Å². The molecule has 7 nitrogen and oxygen atoms in total. The molecular formula is C17H15N3O4S. The molecule has 0 aliphatic carbocycles. The van der Waals surface area contributed by atoms with E-state index in [-0.39, 0.29) is 24.5 Å². The Morgan fingerprint density at radius 1 is 1.16 bits per heavy atom. The average Bonchev–Trinajstić information content (AvgIpc) is 3.14. The van der Waals surface area contributed by atoms with Crippen molar-refractivity contribution in [2.75, 3.05) is 6.61 Å². The van der Waals surface area contributed by atoms with Crippen LogP contribution in [-0.2, 0) is 27.3 Å². The summed E-state index contributed by atoms with van der Waals surface area (Å²) in [6.45, 7) is 0.0473. The van der Waals surface area contributed by atoms with E-state index in [0.29, 0.717) is 23.0 Å². The summed E-state index contributed by atoms with van der Waals surface area (Å²) in [5, 5.41) is 11.9. The number of rotatable bonds is 6. The second-order valence-electron chi connectivity index (χ2n) is 5.24. The summed E-state index contributed by atoms with van der Waals surface area (Å²) in [5.74, 6) is -0.961. The van der Waals surface area contributed by atoms with Crippen molar-refractivity contribution in [1.82, 2.24) is 15.5 Å². The summed E-state index contributed by atoms with van der Waals surface area (Å²) in [5.41, 5.74) is 0.0832. The second kappa shape index (κ2) is 7.71. The summed E-state index contributed by atoms with van der Waals surface area (Å²) in [4.78, 5) is 36.4. The number of amides is 1. The van der Waals surface area contributed by atoms with E-state index in [9.17, 15) is 14.4 Å². The fourth-order valence-electron chi connectivity index (χ4n) is 2.29. The van der Waals surface area contributed by atoms with Crippen LogP contribution in [0.3, 0.4) is 0 Å². The number of carbonyl (C=O) groups excluding carboxylic acids is 2. The Hall–Kier alpha value is -3.00. The number of esters is 1. The van der Waals surface area contributed by atoms with Crippen LogP contribution in [0.1, 0.15) is 10.6 Å². The normalized spacial score (nSPS) is 10.6. The van der Waals surface area contributed by atoms with Gasteiger partial charge in [0.25, 0.3) is 11.5 Å². The topological polar surface area (TPSA) is 101 Å². The lowest BCUT2D eigenvalue weighted by Gasteiger charge is -2.07. The third kappa shape index (κ3) is 4.30. The molecule has 128 valence electrons. The summed E-state index contributed by atoms with van der Waals surface area (Å²) < 4.78 is 4.98.